The van der Waals surface area contributed by atoms with Gasteiger partial charge in [0.2, 0.25) is 5.91 Å². The Bertz CT molecular complexity index is 916. The van der Waals surface area contributed by atoms with Gasteiger partial charge in [0.25, 0.3) is 10.0 Å². The molecule has 25 heavy (non-hydrogen) atoms. The smallest absolute Gasteiger partial charge is 0.263 e. The first kappa shape index (κ1) is 18.0. The molecule has 1 fully saturated rings. The molecule has 0 unspecified atom stereocenters. The monoisotopic (exact) mass is 398 g/mol. The van der Waals surface area contributed by atoms with E-state index in [1.165, 1.54) is 18.2 Å². The second-order valence-corrected chi connectivity index (χ2v) is 8.23. The van der Waals surface area contributed by atoms with Crippen LogP contribution in [-0.4, -0.2) is 20.9 Å². The second kappa shape index (κ2) is 7.23. The van der Waals surface area contributed by atoms with Gasteiger partial charge in [-0.2, -0.15) is 0 Å². The van der Waals surface area contributed by atoms with E-state index in [1.54, 1.807) is 29.2 Å². The average Bonchev–Trinajstić information content (AvgIpc) is 2.57. The van der Waals surface area contributed by atoms with Crippen molar-refractivity contribution >= 4 is 50.5 Å². The zero-order valence-corrected chi connectivity index (χ0v) is 15.5. The van der Waals surface area contributed by atoms with E-state index < -0.39 is 10.0 Å². The van der Waals surface area contributed by atoms with Gasteiger partial charge < -0.3 is 4.90 Å². The van der Waals surface area contributed by atoms with E-state index in [0.29, 0.717) is 24.3 Å². The van der Waals surface area contributed by atoms with Crippen LogP contribution in [0.5, 0.6) is 0 Å². The molecule has 132 valence electrons. The predicted octanol–water partition coefficient (Wildman–Crippen LogP) is 4.31. The molecule has 0 aromatic heterocycles. The van der Waals surface area contributed by atoms with Crippen molar-refractivity contribution in [2.75, 3.05) is 16.2 Å². The fraction of sp³-hybridized carbons (Fsp3) is 0.235. The Morgan fingerprint density at radius 1 is 1.04 bits per heavy atom. The zero-order chi connectivity index (χ0) is 18.0. The van der Waals surface area contributed by atoms with Crippen LogP contribution < -0.4 is 9.62 Å². The average molecular weight is 399 g/mol. The molecule has 0 bridgehead atoms. The Kier molecular flexibility index (Phi) is 5.22. The highest BCUT2D eigenvalue weighted by molar-refractivity contribution is 7.92. The number of carbonyl (C=O) groups excluding carboxylic acids is 1. The Morgan fingerprint density at radius 3 is 2.60 bits per heavy atom. The van der Waals surface area contributed by atoms with Gasteiger partial charge in [-0.05, 0) is 49.2 Å². The molecule has 2 aromatic rings. The van der Waals surface area contributed by atoms with Gasteiger partial charge in [-0.15, -0.1) is 0 Å². The van der Waals surface area contributed by atoms with E-state index in [0.717, 1.165) is 12.8 Å². The van der Waals surface area contributed by atoms with Gasteiger partial charge in [0.05, 0.1) is 10.7 Å². The van der Waals surface area contributed by atoms with E-state index >= 15 is 0 Å². The van der Waals surface area contributed by atoms with Crippen molar-refractivity contribution in [1.82, 2.24) is 0 Å². The molecule has 5 nitrogen and oxygen atoms in total. The van der Waals surface area contributed by atoms with Crippen LogP contribution in [0.2, 0.25) is 10.0 Å². The number of piperidine rings is 1. The summed E-state index contributed by atoms with van der Waals surface area (Å²) in [7, 11) is -3.90. The van der Waals surface area contributed by atoms with E-state index in [1.807, 2.05) is 0 Å². The number of anilines is 2. The van der Waals surface area contributed by atoms with Crippen LogP contribution in [0.15, 0.2) is 47.4 Å². The minimum atomic E-state index is -3.90. The number of rotatable bonds is 4. The molecule has 0 atom stereocenters. The summed E-state index contributed by atoms with van der Waals surface area (Å²) in [5.74, 6) is 0.0455. The van der Waals surface area contributed by atoms with Crippen LogP contribution in [0.25, 0.3) is 0 Å². The molecule has 1 N–H and O–H groups in total. The predicted molar refractivity (Wildman–Crippen MR) is 99.9 cm³/mol. The van der Waals surface area contributed by atoms with Gasteiger partial charge in [-0.3, -0.25) is 9.52 Å². The van der Waals surface area contributed by atoms with E-state index in [4.69, 9.17) is 23.2 Å². The number of halogens is 2. The summed E-state index contributed by atoms with van der Waals surface area (Å²) in [6.07, 6.45) is 2.32. The third-order valence-electron chi connectivity index (χ3n) is 3.92. The van der Waals surface area contributed by atoms with Crippen LogP contribution in [-0.2, 0) is 14.8 Å². The lowest BCUT2D eigenvalue weighted by Crippen LogP contribution is -2.35. The maximum Gasteiger partial charge on any atom is 0.263 e. The SMILES string of the molecule is O=C1CCCCN1c1cccc(NS(=O)(=O)c2cc(Cl)ccc2Cl)c1. The number of carbonyl (C=O) groups is 1. The van der Waals surface area contributed by atoms with Crippen LogP contribution in [0.1, 0.15) is 19.3 Å². The molecule has 8 heteroatoms. The summed E-state index contributed by atoms with van der Waals surface area (Å²) in [5, 5.41) is 0.358. The van der Waals surface area contributed by atoms with Crippen molar-refractivity contribution in [2.45, 2.75) is 24.2 Å². The van der Waals surface area contributed by atoms with Gasteiger partial charge in [-0.25, -0.2) is 8.42 Å². The van der Waals surface area contributed by atoms with Crippen molar-refractivity contribution in [1.29, 1.82) is 0 Å². The van der Waals surface area contributed by atoms with Gasteiger partial charge >= 0.3 is 0 Å². The third-order valence-corrected chi connectivity index (χ3v) is 6.01. The van der Waals surface area contributed by atoms with Gasteiger partial charge in [0, 0.05) is 23.7 Å². The lowest BCUT2D eigenvalue weighted by molar-refractivity contribution is -0.119. The number of sulfonamides is 1. The fourth-order valence-corrected chi connectivity index (χ4v) is 4.52. The molecule has 1 saturated heterocycles. The Hall–Kier alpha value is -1.76. The quantitative estimate of drug-likeness (QED) is 0.833. The number of hydrogen-bond acceptors (Lipinski definition) is 3. The normalized spacial score (nSPS) is 15.3. The van der Waals surface area contributed by atoms with Crippen LogP contribution in [0.3, 0.4) is 0 Å². The summed E-state index contributed by atoms with van der Waals surface area (Å²) < 4.78 is 27.7. The highest BCUT2D eigenvalue weighted by Crippen LogP contribution is 2.29. The van der Waals surface area contributed by atoms with Crippen LogP contribution >= 0.6 is 23.2 Å². The molecule has 0 spiro atoms. The van der Waals surface area contributed by atoms with E-state index in [-0.39, 0.29) is 20.8 Å². The van der Waals surface area contributed by atoms with Crippen LogP contribution in [0, 0.1) is 0 Å². The summed E-state index contributed by atoms with van der Waals surface area (Å²) in [4.78, 5) is 13.6. The van der Waals surface area contributed by atoms with Crippen molar-refractivity contribution < 1.29 is 13.2 Å². The fourth-order valence-electron chi connectivity index (χ4n) is 2.71. The number of amides is 1. The van der Waals surface area contributed by atoms with Crippen molar-refractivity contribution in [3.05, 3.63) is 52.5 Å². The standard InChI is InChI=1S/C17H16Cl2N2O3S/c18-12-7-8-15(19)16(10-12)25(23,24)20-13-4-3-5-14(11-13)21-9-2-1-6-17(21)22/h3-5,7-8,10-11,20H,1-2,6,9H2. The summed E-state index contributed by atoms with van der Waals surface area (Å²) in [6.45, 7) is 0.634. The summed E-state index contributed by atoms with van der Waals surface area (Å²) in [5.41, 5.74) is 1.02. The topological polar surface area (TPSA) is 66.5 Å². The zero-order valence-electron chi connectivity index (χ0n) is 13.2. The number of hydrogen-bond donors (Lipinski definition) is 1. The maximum absolute atomic E-state index is 12.6. The van der Waals surface area contributed by atoms with Gasteiger partial charge in [0.15, 0.2) is 0 Å². The molecule has 3 rings (SSSR count). The second-order valence-electron chi connectivity index (χ2n) is 5.73. The maximum atomic E-state index is 12.6. The Labute approximate surface area is 156 Å². The molecular formula is C17H16Cl2N2O3S. The molecule has 1 aliphatic rings. The Balaban J connectivity index is 1.89. The molecule has 2 aromatic carbocycles. The third kappa shape index (κ3) is 4.08. The summed E-state index contributed by atoms with van der Waals surface area (Å²) in [6, 6.07) is 11.0. The number of nitrogens with zero attached hydrogens (tertiary/aromatic N) is 1. The first-order chi connectivity index (χ1) is 11.9. The molecule has 1 amide bonds. The van der Waals surface area contributed by atoms with E-state index in [9.17, 15) is 13.2 Å². The van der Waals surface area contributed by atoms with Gasteiger partial charge in [0.1, 0.15) is 4.90 Å². The number of benzene rings is 2. The molecular weight excluding hydrogens is 383 g/mol. The molecule has 0 radical (unpaired) electrons. The summed E-state index contributed by atoms with van der Waals surface area (Å²) >= 11 is 11.9. The van der Waals surface area contributed by atoms with Gasteiger partial charge in [-0.1, -0.05) is 29.3 Å². The molecule has 0 aliphatic carbocycles. The first-order valence-electron chi connectivity index (χ1n) is 7.75. The Morgan fingerprint density at radius 2 is 1.84 bits per heavy atom. The van der Waals surface area contributed by atoms with E-state index in [2.05, 4.69) is 4.72 Å². The highest BCUT2D eigenvalue weighted by Gasteiger charge is 2.22. The molecule has 1 aliphatic heterocycles. The minimum Gasteiger partial charge on any atom is -0.312 e. The largest absolute Gasteiger partial charge is 0.312 e. The molecule has 0 saturated carbocycles. The van der Waals surface area contributed by atoms with Crippen molar-refractivity contribution in [3.8, 4) is 0 Å². The highest BCUT2D eigenvalue weighted by atomic mass is 35.5. The van der Waals surface area contributed by atoms with Crippen LogP contribution in [0.4, 0.5) is 11.4 Å². The number of nitrogens with one attached hydrogen (secondary N) is 1. The molecule has 1 heterocycles. The lowest BCUT2D eigenvalue weighted by Gasteiger charge is -2.27. The minimum absolute atomic E-state index is 0.0455. The lowest BCUT2D eigenvalue weighted by atomic mass is 10.1. The van der Waals surface area contributed by atoms with Crippen molar-refractivity contribution in [3.63, 3.8) is 0 Å². The van der Waals surface area contributed by atoms with Crippen molar-refractivity contribution in [2.24, 2.45) is 0 Å². The first-order valence-corrected chi connectivity index (χ1v) is 9.99.